The molecule has 15 heavy (non-hydrogen) atoms. The van der Waals surface area contributed by atoms with Crippen molar-refractivity contribution < 1.29 is 9.53 Å². The number of hydrogen-bond acceptors (Lipinski definition) is 3. The predicted octanol–water partition coefficient (Wildman–Crippen LogP) is 3.12. The summed E-state index contributed by atoms with van der Waals surface area (Å²) < 4.78 is 6.64. The SMILES string of the molecule is O=Cc1cc2ccc3c(c2s1)C=CCO3. The van der Waals surface area contributed by atoms with Crippen molar-refractivity contribution in [1.29, 1.82) is 0 Å². The molecule has 74 valence electrons. The molecule has 0 amide bonds. The molecule has 1 aromatic heterocycles. The van der Waals surface area contributed by atoms with Gasteiger partial charge in [-0.25, -0.2) is 0 Å². The van der Waals surface area contributed by atoms with Gasteiger partial charge in [-0.05, 0) is 29.7 Å². The zero-order valence-electron chi connectivity index (χ0n) is 7.90. The lowest BCUT2D eigenvalue weighted by Gasteiger charge is -2.12. The number of benzene rings is 1. The largest absolute Gasteiger partial charge is 0.489 e. The first kappa shape index (κ1) is 8.68. The molecule has 0 aliphatic carbocycles. The maximum absolute atomic E-state index is 10.7. The highest BCUT2D eigenvalue weighted by Crippen LogP contribution is 2.36. The second kappa shape index (κ2) is 3.21. The molecule has 0 radical (unpaired) electrons. The molecule has 1 aromatic carbocycles. The van der Waals surface area contributed by atoms with Gasteiger partial charge in [0, 0.05) is 10.3 Å². The van der Waals surface area contributed by atoms with Gasteiger partial charge in [-0.2, -0.15) is 0 Å². The Bertz CT molecular complexity index is 566. The molecule has 2 nitrogen and oxygen atoms in total. The maximum atomic E-state index is 10.7. The zero-order valence-corrected chi connectivity index (χ0v) is 8.71. The molecular formula is C12H8O2S. The summed E-state index contributed by atoms with van der Waals surface area (Å²) in [7, 11) is 0. The maximum Gasteiger partial charge on any atom is 0.160 e. The van der Waals surface area contributed by atoms with Crippen LogP contribution in [0.25, 0.3) is 16.2 Å². The van der Waals surface area contributed by atoms with Crippen LogP contribution in [-0.2, 0) is 0 Å². The number of thiophene rings is 1. The lowest BCUT2D eigenvalue weighted by molar-refractivity contribution is 0.112. The van der Waals surface area contributed by atoms with Crippen LogP contribution in [-0.4, -0.2) is 12.9 Å². The molecule has 3 rings (SSSR count). The third kappa shape index (κ3) is 1.27. The van der Waals surface area contributed by atoms with E-state index in [-0.39, 0.29) is 0 Å². The van der Waals surface area contributed by atoms with E-state index < -0.39 is 0 Å². The van der Waals surface area contributed by atoms with Gasteiger partial charge in [0.05, 0.1) is 4.88 Å². The number of carbonyl (C=O) groups excluding carboxylic acids is 1. The van der Waals surface area contributed by atoms with Crippen LogP contribution in [0.4, 0.5) is 0 Å². The number of ether oxygens (including phenoxy) is 1. The Balaban J connectivity index is 2.36. The summed E-state index contributed by atoms with van der Waals surface area (Å²) in [4.78, 5) is 11.5. The van der Waals surface area contributed by atoms with Crippen LogP contribution in [0.3, 0.4) is 0 Å². The molecular weight excluding hydrogens is 208 g/mol. The summed E-state index contributed by atoms with van der Waals surface area (Å²) in [6.07, 6.45) is 4.94. The van der Waals surface area contributed by atoms with Crippen molar-refractivity contribution in [3.63, 3.8) is 0 Å². The van der Waals surface area contributed by atoms with E-state index in [1.807, 2.05) is 24.3 Å². The van der Waals surface area contributed by atoms with Crippen LogP contribution in [0, 0.1) is 0 Å². The summed E-state index contributed by atoms with van der Waals surface area (Å²) in [6, 6.07) is 5.87. The van der Waals surface area contributed by atoms with E-state index in [2.05, 4.69) is 6.08 Å². The first-order chi connectivity index (χ1) is 7.38. The Morgan fingerprint density at radius 1 is 1.40 bits per heavy atom. The Hall–Kier alpha value is -1.61. The van der Waals surface area contributed by atoms with Gasteiger partial charge < -0.3 is 4.74 Å². The molecule has 0 bridgehead atoms. The van der Waals surface area contributed by atoms with Crippen molar-refractivity contribution in [2.45, 2.75) is 0 Å². The van der Waals surface area contributed by atoms with E-state index in [9.17, 15) is 4.79 Å². The molecule has 0 saturated carbocycles. The minimum atomic E-state index is 0.629. The Labute approximate surface area is 90.8 Å². The van der Waals surface area contributed by atoms with Gasteiger partial charge in [-0.15, -0.1) is 11.3 Å². The van der Waals surface area contributed by atoms with E-state index in [0.717, 1.165) is 32.6 Å². The van der Waals surface area contributed by atoms with Gasteiger partial charge in [0.25, 0.3) is 0 Å². The first-order valence-electron chi connectivity index (χ1n) is 4.69. The van der Waals surface area contributed by atoms with E-state index in [4.69, 9.17) is 4.74 Å². The second-order valence-electron chi connectivity index (χ2n) is 3.38. The molecule has 0 atom stereocenters. The van der Waals surface area contributed by atoms with E-state index in [0.29, 0.717) is 6.61 Å². The van der Waals surface area contributed by atoms with Crippen molar-refractivity contribution in [3.05, 3.63) is 34.7 Å². The normalized spacial score (nSPS) is 13.6. The number of fused-ring (bicyclic) bond motifs is 3. The third-order valence-corrected chi connectivity index (χ3v) is 3.55. The lowest BCUT2D eigenvalue weighted by Crippen LogP contribution is -1.99. The van der Waals surface area contributed by atoms with E-state index in [1.54, 1.807) is 0 Å². The van der Waals surface area contributed by atoms with Crippen LogP contribution in [0.1, 0.15) is 15.2 Å². The minimum Gasteiger partial charge on any atom is -0.489 e. The molecule has 1 aliphatic heterocycles. The Morgan fingerprint density at radius 2 is 2.33 bits per heavy atom. The number of hydrogen-bond donors (Lipinski definition) is 0. The van der Waals surface area contributed by atoms with Crippen molar-refractivity contribution in [2.75, 3.05) is 6.61 Å². The number of aldehydes is 1. The molecule has 0 unspecified atom stereocenters. The molecule has 0 spiro atoms. The summed E-state index contributed by atoms with van der Waals surface area (Å²) in [6.45, 7) is 0.629. The second-order valence-corrected chi connectivity index (χ2v) is 4.46. The van der Waals surface area contributed by atoms with Crippen LogP contribution in [0.5, 0.6) is 5.75 Å². The topological polar surface area (TPSA) is 26.3 Å². The van der Waals surface area contributed by atoms with Crippen molar-refractivity contribution >= 4 is 33.8 Å². The summed E-state index contributed by atoms with van der Waals surface area (Å²) in [5.74, 6) is 0.907. The fourth-order valence-corrected chi connectivity index (χ4v) is 2.77. The van der Waals surface area contributed by atoms with Crippen LogP contribution in [0.15, 0.2) is 24.3 Å². The molecule has 3 heteroatoms. The number of rotatable bonds is 1. The summed E-state index contributed by atoms with van der Waals surface area (Å²) in [5.41, 5.74) is 1.09. The summed E-state index contributed by atoms with van der Waals surface area (Å²) in [5, 5.41) is 1.11. The summed E-state index contributed by atoms with van der Waals surface area (Å²) >= 11 is 1.51. The fourth-order valence-electron chi connectivity index (χ4n) is 1.77. The van der Waals surface area contributed by atoms with Gasteiger partial charge in [0.15, 0.2) is 6.29 Å². The van der Waals surface area contributed by atoms with E-state index >= 15 is 0 Å². The monoisotopic (exact) mass is 216 g/mol. The van der Waals surface area contributed by atoms with Crippen LogP contribution < -0.4 is 4.74 Å². The van der Waals surface area contributed by atoms with Gasteiger partial charge >= 0.3 is 0 Å². The first-order valence-corrected chi connectivity index (χ1v) is 5.51. The zero-order chi connectivity index (χ0) is 10.3. The highest BCUT2D eigenvalue weighted by molar-refractivity contribution is 7.20. The highest BCUT2D eigenvalue weighted by atomic mass is 32.1. The molecule has 1 aliphatic rings. The van der Waals surface area contributed by atoms with Gasteiger partial charge in [0.2, 0.25) is 0 Å². The molecule has 2 heterocycles. The fraction of sp³-hybridized carbons (Fsp3) is 0.0833. The van der Waals surface area contributed by atoms with Gasteiger partial charge in [-0.1, -0.05) is 6.08 Å². The van der Waals surface area contributed by atoms with Crippen molar-refractivity contribution in [1.82, 2.24) is 0 Å². The van der Waals surface area contributed by atoms with Gasteiger partial charge in [0.1, 0.15) is 12.4 Å². The Kier molecular flexibility index (Phi) is 1.86. The Morgan fingerprint density at radius 3 is 3.20 bits per heavy atom. The van der Waals surface area contributed by atoms with Crippen molar-refractivity contribution in [2.24, 2.45) is 0 Å². The van der Waals surface area contributed by atoms with Crippen LogP contribution in [0.2, 0.25) is 0 Å². The quantitative estimate of drug-likeness (QED) is 0.684. The van der Waals surface area contributed by atoms with Crippen LogP contribution >= 0.6 is 11.3 Å². The van der Waals surface area contributed by atoms with E-state index in [1.165, 1.54) is 11.3 Å². The smallest absolute Gasteiger partial charge is 0.160 e. The van der Waals surface area contributed by atoms with Gasteiger partial charge in [-0.3, -0.25) is 4.79 Å². The van der Waals surface area contributed by atoms with Crippen molar-refractivity contribution in [3.8, 4) is 5.75 Å². The average Bonchev–Trinajstić information content (AvgIpc) is 2.72. The molecule has 0 saturated heterocycles. The average molecular weight is 216 g/mol. The standard InChI is InChI=1S/C12H8O2S/c13-7-9-6-8-3-4-11-10(12(8)15-9)2-1-5-14-11/h1-4,6-7H,5H2. The molecule has 0 fully saturated rings. The molecule has 0 N–H and O–H groups in total. The lowest BCUT2D eigenvalue weighted by atomic mass is 10.1. The third-order valence-electron chi connectivity index (χ3n) is 2.44. The highest BCUT2D eigenvalue weighted by Gasteiger charge is 2.11. The molecule has 2 aromatic rings. The minimum absolute atomic E-state index is 0.629. The predicted molar refractivity (Wildman–Crippen MR) is 61.7 cm³/mol. The number of carbonyl (C=O) groups is 1.